The molecule has 2 atom stereocenters. The molecule has 1 aromatic rings. The molecule has 0 aliphatic carbocycles. The lowest BCUT2D eigenvalue weighted by atomic mass is 9.71. The first-order valence-corrected chi connectivity index (χ1v) is 11.8. The fourth-order valence-corrected chi connectivity index (χ4v) is 4.68. The summed E-state index contributed by atoms with van der Waals surface area (Å²) in [7, 11) is 0. The van der Waals surface area contributed by atoms with E-state index in [1.54, 1.807) is 25.7 Å². The van der Waals surface area contributed by atoms with Gasteiger partial charge in [0.25, 0.3) is 0 Å². The average molecular weight is 474 g/mol. The molecule has 2 fully saturated rings. The first kappa shape index (κ1) is 25.5. The third-order valence-electron chi connectivity index (χ3n) is 6.57. The summed E-state index contributed by atoms with van der Waals surface area (Å²) in [5.41, 5.74) is -0.774. The number of carboxylic acid groups (broad SMARTS) is 1. The smallest absolute Gasteiger partial charge is 0.410 e. The van der Waals surface area contributed by atoms with Crippen molar-refractivity contribution in [3.05, 3.63) is 35.9 Å². The van der Waals surface area contributed by atoms with Gasteiger partial charge in [-0.2, -0.15) is 0 Å². The quantitative estimate of drug-likeness (QED) is 0.679. The summed E-state index contributed by atoms with van der Waals surface area (Å²) in [5.74, 6) is -1.59. The van der Waals surface area contributed by atoms with Crippen LogP contribution in [-0.4, -0.2) is 76.1 Å². The molecule has 1 aromatic carbocycles. The number of amides is 3. The number of benzene rings is 1. The molecule has 0 aromatic heterocycles. The number of carbonyl (C=O) groups excluding carboxylic acids is 3. The summed E-state index contributed by atoms with van der Waals surface area (Å²) in [4.78, 5) is 53.8. The highest BCUT2D eigenvalue weighted by Gasteiger charge is 2.46. The van der Waals surface area contributed by atoms with Crippen molar-refractivity contribution in [3.8, 4) is 0 Å². The molecule has 0 radical (unpaired) electrons. The van der Waals surface area contributed by atoms with E-state index in [0.29, 0.717) is 38.9 Å². The van der Waals surface area contributed by atoms with Crippen LogP contribution >= 0.6 is 0 Å². The number of likely N-dealkylation sites (tertiary alicyclic amines) is 2. The van der Waals surface area contributed by atoms with Crippen molar-refractivity contribution in [2.75, 3.05) is 19.6 Å². The molecule has 2 heterocycles. The lowest BCUT2D eigenvalue weighted by molar-refractivity contribution is -0.143. The highest BCUT2D eigenvalue weighted by atomic mass is 16.6. The number of carbonyl (C=O) groups is 4. The number of aliphatic carboxylic acids is 1. The third-order valence-corrected chi connectivity index (χ3v) is 6.57. The van der Waals surface area contributed by atoms with Gasteiger partial charge in [0.05, 0.1) is 5.41 Å². The van der Waals surface area contributed by atoms with Gasteiger partial charge in [0.15, 0.2) is 0 Å². The Labute approximate surface area is 200 Å². The van der Waals surface area contributed by atoms with Gasteiger partial charge in [0.2, 0.25) is 11.8 Å². The second-order valence-electron chi connectivity index (χ2n) is 10.1. The first-order valence-electron chi connectivity index (χ1n) is 11.8. The van der Waals surface area contributed by atoms with Crippen molar-refractivity contribution in [2.24, 2.45) is 0 Å². The molecule has 2 aliphatic rings. The minimum Gasteiger partial charge on any atom is -0.480 e. The predicted octanol–water partition coefficient (Wildman–Crippen LogP) is 2.54. The number of hydrogen-bond donors (Lipinski definition) is 2. The largest absolute Gasteiger partial charge is 0.480 e. The highest BCUT2D eigenvalue weighted by Crippen LogP contribution is 2.37. The van der Waals surface area contributed by atoms with Crippen LogP contribution in [0.15, 0.2) is 30.3 Å². The predicted molar refractivity (Wildman–Crippen MR) is 125 cm³/mol. The minimum absolute atomic E-state index is 0.135. The van der Waals surface area contributed by atoms with E-state index in [2.05, 4.69) is 5.32 Å². The van der Waals surface area contributed by atoms with Crippen molar-refractivity contribution in [1.82, 2.24) is 15.1 Å². The summed E-state index contributed by atoms with van der Waals surface area (Å²) in [6.07, 6.45) is 1.54. The maximum atomic E-state index is 13.4. The molecule has 0 bridgehead atoms. The van der Waals surface area contributed by atoms with Crippen LogP contribution < -0.4 is 5.32 Å². The number of rotatable bonds is 5. The molecule has 3 amide bonds. The second-order valence-corrected chi connectivity index (χ2v) is 10.1. The lowest BCUT2D eigenvalue weighted by Crippen LogP contribution is -2.57. The Morgan fingerprint density at radius 3 is 2.26 bits per heavy atom. The van der Waals surface area contributed by atoms with Crippen molar-refractivity contribution >= 4 is 23.9 Å². The van der Waals surface area contributed by atoms with Gasteiger partial charge in [-0.3, -0.25) is 19.3 Å². The monoisotopic (exact) mass is 473 g/mol. The van der Waals surface area contributed by atoms with E-state index in [0.717, 1.165) is 12.0 Å². The topological polar surface area (TPSA) is 116 Å². The van der Waals surface area contributed by atoms with Crippen LogP contribution in [0.2, 0.25) is 0 Å². The Morgan fingerprint density at radius 1 is 1.09 bits per heavy atom. The number of nitrogens with zero attached hydrogens (tertiary/aromatic N) is 2. The maximum absolute atomic E-state index is 13.4. The number of carboxylic acids is 1. The molecule has 2 N–H and O–H groups in total. The van der Waals surface area contributed by atoms with E-state index in [9.17, 15) is 24.3 Å². The third kappa shape index (κ3) is 5.51. The zero-order valence-corrected chi connectivity index (χ0v) is 20.4. The Morgan fingerprint density at radius 2 is 1.71 bits per heavy atom. The van der Waals surface area contributed by atoms with Gasteiger partial charge in [0, 0.05) is 19.6 Å². The molecule has 0 saturated carbocycles. The normalized spacial score (nSPS) is 21.0. The van der Waals surface area contributed by atoms with Crippen LogP contribution in [0.4, 0.5) is 4.79 Å². The summed E-state index contributed by atoms with van der Waals surface area (Å²) >= 11 is 0. The first-order chi connectivity index (χ1) is 15.9. The van der Waals surface area contributed by atoms with Gasteiger partial charge in [0.1, 0.15) is 17.7 Å². The van der Waals surface area contributed by atoms with Crippen LogP contribution in [0, 0.1) is 0 Å². The fourth-order valence-electron chi connectivity index (χ4n) is 4.68. The lowest BCUT2D eigenvalue weighted by Gasteiger charge is -2.42. The molecule has 0 unspecified atom stereocenters. The van der Waals surface area contributed by atoms with Crippen LogP contribution in [0.5, 0.6) is 0 Å². The van der Waals surface area contributed by atoms with Crippen molar-refractivity contribution < 1.29 is 29.0 Å². The van der Waals surface area contributed by atoms with Gasteiger partial charge in [-0.05, 0) is 58.9 Å². The van der Waals surface area contributed by atoms with Gasteiger partial charge >= 0.3 is 12.1 Å². The number of nitrogens with one attached hydrogen (secondary N) is 1. The summed E-state index contributed by atoms with van der Waals surface area (Å²) in [6.45, 7) is 7.96. The zero-order valence-electron chi connectivity index (χ0n) is 20.4. The Hall–Kier alpha value is -3.10. The van der Waals surface area contributed by atoms with Gasteiger partial charge in [-0.15, -0.1) is 0 Å². The molecule has 9 nitrogen and oxygen atoms in total. The van der Waals surface area contributed by atoms with E-state index in [1.807, 2.05) is 30.3 Å². The van der Waals surface area contributed by atoms with E-state index in [4.69, 9.17) is 4.74 Å². The molecule has 9 heteroatoms. The van der Waals surface area contributed by atoms with Crippen LogP contribution in [0.25, 0.3) is 0 Å². The number of piperidine rings is 1. The second kappa shape index (κ2) is 10.0. The molecule has 186 valence electrons. The Kier molecular flexibility index (Phi) is 7.53. The van der Waals surface area contributed by atoms with Crippen LogP contribution in [-0.2, 0) is 24.5 Å². The SMILES string of the molecule is C[C@@H](NC(=O)C1(c2ccccc2)CCN(C(=O)[C@@H]2CCCN2C(=O)OC(C)(C)C)CC1)C(=O)O. The van der Waals surface area contributed by atoms with Gasteiger partial charge < -0.3 is 20.1 Å². The summed E-state index contributed by atoms with van der Waals surface area (Å²) < 4.78 is 5.48. The Bertz CT molecular complexity index is 918. The van der Waals surface area contributed by atoms with Crippen molar-refractivity contribution in [3.63, 3.8) is 0 Å². The average Bonchev–Trinajstić information content (AvgIpc) is 3.28. The molecular formula is C25H35N3O6. The molecule has 3 rings (SSSR count). The molecular weight excluding hydrogens is 438 g/mol. The van der Waals surface area contributed by atoms with E-state index in [1.165, 1.54) is 11.8 Å². The number of ether oxygens (including phenoxy) is 1. The number of hydrogen-bond acceptors (Lipinski definition) is 5. The maximum Gasteiger partial charge on any atom is 0.410 e. The van der Waals surface area contributed by atoms with Gasteiger partial charge in [-0.1, -0.05) is 30.3 Å². The van der Waals surface area contributed by atoms with E-state index < -0.39 is 35.2 Å². The summed E-state index contributed by atoms with van der Waals surface area (Å²) in [5, 5.41) is 11.9. The molecule has 0 spiro atoms. The Balaban J connectivity index is 1.74. The van der Waals surface area contributed by atoms with E-state index >= 15 is 0 Å². The summed E-state index contributed by atoms with van der Waals surface area (Å²) in [6, 6.07) is 7.69. The van der Waals surface area contributed by atoms with Gasteiger partial charge in [-0.25, -0.2) is 4.79 Å². The molecule has 34 heavy (non-hydrogen) atoms. The molecule has 2 saturated heterocycles. The van der Waals surface area contributed by atoms with Crippen molar-refractivity contribution in [2.45, 2.75) is 76.5 Å². The minimum atomic E-state index is -1.10. The van der Waals surface area contributed by atoms with Crippen molar-refractivity contribution in [1.29, 1.82) is 0 Å². The zero-order chi connectivity index (χ0) is 25.1. The highest BCUT2D eigenvalue weighted by molar-refractivity contribution is 5.92. The van der Waals surface area contributed by atoms with E-state index in [-0.39, 0.29) is 11.8 Å². The standard InChI is InChI=1S/C25H35N3O6/c1-17(21(30)31)26-22(32)25(18-9-6-5-7-10-18)12-15-27(16-13-25)20(29)19-11-8-14-28(19)23(33)34-24(2,3)4/h5-7,9-10,17,19H,8,11-16H2,1-4H3,(H,26,32)(H,30,31)/t17-,19+/m1/s1. The van der Waals surface area contributed by atoms with Crippen LogP contribution in [0.3, 0.4) is 0 Å². The molecule has 2 aliphatic heterocycles. The van der Waals surface area contributed by atoms with Crippen LogP contribution in [0.1, 0.15) is 58.9 Å². The fraction of sp³-hybridized carbons (Fsp3) is 0.600.